The summed E-state index contributed by atoms with van der Waals surface area (Å²) in [6, 6.07) is 22.3. The first-order valence-corrected chi connectivity index (χ1v) is 14.6. The van der Waals surface area contributed by atoms with Crippen LogP contribution in [-0.2, 0) is 16.6 Å². The summed E-state index contributed by atoms with van der Waals surface area (Å²) in [4.78, 5) is 16.9. The number of aliphatic hydroxyl groups is 1. The van der Waals surface area contributed by atoms with Crippen molar-refractivity contribution < 1.29 is 19.7 Å². The molecule has 0 radical (unpaired) electrons. The molecule has 0 aromatic heterocycles. The molecular formula is C35H31NO4. The van der Waals surface area contributed by atoms with E-state index >= 15 is 0 Å². The van der Waals surface area contributed by atoms with Crippen molar-refractivity contribution in [3.8, 4) is 11.5 Å². The Labute approximate surface area is 232 Å². The number of ether oxygens (including phenoxy) is 1. The van der Waals surface area contributed by atoms with Crippen molar-refractivity contribution in [1.82, 2.24) is 4.90 Å². The fourth-order valence-electron chi connectivity index (χ4n) is 8.69. The number of carbonyl (C=O) groups is 1. The van der Waals surface area contributed by atoms with Crippen molar-refractivity contribution in [3.05, 3.63) is 89.0 Å². The molecule has 2 bridgehead atoms. The van der Waals surface area contributed by atoms with Gasteiger partial charge in [0.2, 0.25) is 0 Å². The highest BCUT2D eigenvalue weighted by molar-refractivity contribution is 6.12. The molecule has 3 aliphatic carbocycles. The molecule has 40 heavy (non-hydrogen) atoms. The maximum Gasteiger partial charge on any atom is 0.200 e. The number of carbonyl (C=O) groups excluding carboxylic acids is 1. The van der Waals surface area contributed by atoms with E-state index in [4.69, 9.17) is 4.74 Å². The topological polar surface area (TPSA) is 70.0 Å². The number of phenols is 1. The van der Waals surface area contributed by atoms with Gasteiger partial charge in [-0.15, -0.1) is 0 Å². The van der Waals surface area contributed by atoms with Crippen molar-refractivity contribution in [2.24, 2.45) is 5.92 Å². The smallest absolute Gasteiger partial charge is 0.200 e. The SMILES string of the molecule is O=C1/C(=C\c2c3ccccc3cc3ccccc23)C[C@@]2(O)[C@H]3Cc4ccc(O)c5c4C2(CCN3CC2CC2)[C@H]1O5. The van der Waals surface area contributed by atoms with Crippen LogP contribution >= 0.6 is 0 Å². The minimum Gasteiger partial charge on any atom is -0.504 e. The molecule has 5 nitrogen and oxygen atoms in total. The number of aromatic hydroxyl groups is 1. The molecule has 2 aliphatic heterocycles. The van der Waals surface area contributed by atoms with Crippen LogP contribution in [0, 0.1) is 5.92 Å². The summed E-state index contributed by atoms with van der Waals surface area (Å²) < 4.78 is 6.44. The van der Waals surface area contributed by atoms with E-state index in [1.807, 2.05) is 36.4 Å². The summed E-state index contributed by atoms with van der Waals surface area (Å²) >= 11 is 0. The Bertz CT molecular complexity index is 1750. The molecule has 4 atom stereocenters. The second kappa shape index (κ2) is 7.74. The van der Waals surface area contributed by atoms with Crippen LogP contribution in [0.25, 0.3) is 27.6 Å². The Morgan fingerprint density at radius 1 is 1.00 bits per heavy atom. The van der Waals surface area contributed by atoms with Crippen molar-refractivity contribution in [3.63, 3.8) is 0 Å². The number of ketones is 1. The van der Waals surface area contributed by atoms with E-state index in [1.54, 1.807) is 6.07 Å². The molecule has 0 amide bonds. The van der Waals surface area contributed by atoms with Crippen molar-refractivity contribution >= 4 is 33.4 Å². The van der Waals surface area contributed by atoms with Gasteiger partial charge in [-0.25, -0.2) is 0 Å². The molecule has 2 N–H and O–H groups in total. The van der Waals surface area contributed by atoms with Gasteiger partial charge in [0, 0.05) is 30.1 Å². The van der Waals surface area contributed by atoms with E-state index in [1.165, 1.54) is 12.8 Å². The fraction of sp³-hybridized carbons (Fsp3) is 0.343. The quantitative estimate of drug-likeness (QED) is 0.270. The molecule has 9 rings (SSSR count). The highest BCUT2D eigenvalue weighted by atomic mass is 16.5. The number of rotatable bonds is 3. The van der Waals surface area contributed by atoms with Crippen molar-refractivity contribution in [2.45, 2.75) is 55.3 Å². The van der Waals surface area contributed by atoms with Gasteiger partial charge < -0.3 is 14.9 Å². The number of fused-ring (bicyclic) bond motifs is 2. The van der Waals surface area contributed by atoms with Gasteiger partial charge in [0.1, 0.15) is 0 Å². The lowest BCUT2D eigenvalue weighted by atomic mass is 9.48. The van der Waals surface area contributed by atoms with Gasteiger partial charge in [-0.05, 0) is 89.0 Å². The number of benzene rings is 4. The Balaban J connectivity index is 1.27. The van der Waals surface area contributed by atoms with Gasteiger partial charge in [0.25, 0.3) is 0 Å². The average Bonchev–Trinajstić information content (AvgIpc) is 3.70. The van der Waals surface area contributed by atoms with E-state index in [2.05, 4.69) is 35.2 Å². The van der Waals surface area contributed by atoms with Crippen LogP contribution in [-0.4, -0.2) is 51.7 Å². The summed E-state index contributed by atoms with van der Waals surface area (Å²) in [6.45, 7) is 1.83. The van der Waals surface area contributed by atoms with Crippen LogP contribution < -0.4 is 4.74 Å². The Hall–Kier alpha value is -3.67. The molecule has 4 aromatic rings. The fourth-order valence-corrected chi connectivity index (χ4v) is 8.69. The molecule has 2 heterocycles. The Kier molecular flexibility index (Phi) is 4.47. The molecule has 2 saturated carbocycles. The van der Waals surface area contributed by atoms with Gasteiger partial charge in [0.05, 0.1) is 11.0 Å². The highest BCUT2D eigenvalue weighted by Gasteiger charge is 2.74. The van der Waals surface area contributed by atoms with Crippen LogP contribution in [0.5, 0.6) is 11.5 Å². The maximum atomic E-state index is 14.5. The number of nitrogens with zero attached hydrogens (tertiary/aromatic N) is 1. The molecule has 5 heteroatoms. The summed E-state index contributed by atoms with van der Waals surface area (Å²) in [6.07, 6.45) is 5.32. The number of hydrogen-bond acceptors (Lipinski definition) is 5. The molecule has 5 aliphatic rings. The van der Waals surface area contributed by atoms with Crippen LogP contribution in [0.15, 0.2) is 72.3 Å². The monoisotopic (exact) mass is 529 g/mol. The molecule has 1 spiro atoms. The molecule has 1 saturated heterocycles. The zero-order valence-corrected chi connectivity index (χ0v) is 22.3. The van der Waals surface area contributed by atoms with E-state index in [9.17, 15) is 15.0 Å². The maximum absolute atomic E-state index is 14.5. The third-order valence-electron chi connectivity index (χ3n) is 10.7. The molecular weight excluding hydrogens is 498 g/mol. The van der Waals surface area contributed by atoms with Crippen molar-refractivity contribution in [1.29, 1.82) is 0 Å². The first kappa shape index (κ1) is 23.1. The zero-order valence-electron chi connectivity index (χ0n) is 22.3. The lowest BCUT2D eigenvalue weighted by molar-refractivity contribution is -0.179. The lowest BCUT2D eigenvalue weighted by Gasteiger charge is -2.62. The van der Waals surface area contributed by atoms with Crippen LogP contribution in [0.2, 0.25) is 0 Å². The number of likely N-dealkylation sites (tertiary alicyclic amines) is 1. The second-order valence-electron chi connectivity index (χ2n) is 12.7. The van der Waals surface area contributed by atoms with Crippen LogP contribution in [0.3, 0.4) is 0 Å². The summed E-state index contributed by atoms with van der Waals surface area (Å²) in [5, 5.41) is 28.3. The van der Waals surface area contributed by atoms with E-state index in [0.29, 0.717) is 30.1 Å². The predicted molar refractivity (Wildman–Crippen MR) is 155 cm³/mol. The normalized spacial score (nSPS) is 31.5. The summed E-state index contributed by atoms with van der Waals surface area (Å²) in [5.74, 6) is 1.09. The lowest BCUT2D eigenvalue weighted by Crippen LogP contribution is -2.77. The predicted octanol–water partition coefficient (Wildman–Crippen LogP) is 5.53. The first-order valence-electron chi connectivity index (χ1n) is 14.6. The number of phenolic OH excluding ortho intramolecular Hbond substituents is 1. The van der Waals surface area contributed by atoms with Gasteiger partial charge >= 0.3 is 0 Å². The second-order valence-corrected chi connectivity index (χ2v) is 12.7. The van der Waals surface area contributed by atoms with Gasteiger partial charge in [-0.1, -0.05) is 54.6 Å². The minimum absolute atomic E-state index is 0.0575. The molecule has 200 valence electrons. The average molecular weight is 530 g/mol. The molecule has 3 fully saturated rings. The number of Topliss-reactive ketones (excluding diaryl/α,β-unsaturated/α-hetero) is 1. The Morgan fingerprint density at radius 3 is 2.45 bits per heavy atom. The first-order chi connectivity index (χ1) is 19.5. The number of hydrogen-bond donors (Lipinski definition) is 2. The van der Waals surface area contributed by atoms with E-state index in [0.717, 1.165) is 51.3 Å². The molecule has 4 aromatic carbocycles. The third-order valence-corrected chi connectivity index (χ3v) is 10.7. The Morgan fingerprint density at radius 2 is 1.73 bits per heavy atom. The van der Waals surface area contributed by atoms with Gasteiger partial charge in [-0.3, -0.25) is 9.69 Å². The van der Waals surface area contributed by atoms with Crippen LogP contribution in [0.1, 0.15) is 42.4 Å². The van der Waals surface area contributed by atoms with E-state index in [-0.39, 0.29) is 24.0 Å². The van der Waals surface area contributed by atoms with Crippen LogP contribution in [0.4, 0.5) is 0 Å². The zero-order chi connectivity index (χ0) is 26.8. The standard InChI is InChI=1S/C35H31NO4/c37-28-12-11-23-17-29-35(39)18-24(16-27-25-7-3-1-5-21(25)15-22-6-2-4-8-26(22)27)31(38)33-34(35,30(23)32(28)40-33)13-14-36(29)19-20-9-10-20/h1-8,11-12,15-16,20,29,33,37,39H,9-10,13-14,17-19H2/b24-16-/t29-,33+,34?,35-/m1/s1. The largest absolute Gasteiger partial charge is 0.504 e. The molecule has 1 unspecified atom stereocenters. The minimum atomic E-state index is -1.17. The van der Waals surface area contributed by atoms with Gasteiger partial charge in [0.15, 0.2) is 23.4 Å². The third kappa shape index (κ3) is 2.82. The van der Waals surface area contributed by atoms with E-state index < -0.39 is 17.1 Å². The van der Waals surface area contributed by atoms with Crippen molar-refractivity contribution in [2.75, 3.05) is 13.1 Å². The summed E-state index contributed by atoms with van der Waals surface area (Å²) in [7, 11) is 0. The summed E-state index contributed by atoms with van der Waals surface area (Å²) in [5.41, 5.74) is 1.59. The highest BCUT2D eigenvalue weighted by Crippen LogP contribution is 2.65. The van der Waals surface area contributed by atoms with Gasteiger partial charge in [-0.2, -0.15) is 0 Å². The number of piperidine rings is 1.